The maximum Gasteiger partial charge on any atom is 0.124 e. The lowest BCUT2D eigenvalue weighted by Crippen LogP contribution is -2.43. The van der Waals surface area contributed by atoms with Crippen molar-refractivity contribution in [3.8, 4) is 0 Å². The average molecular weight is 200 g/mol. The van der Waals surface area contributed by atoms with Gasteiger partial charge in [0.05, 0.1) is 0 Å². The molecule has 1 aliphatic heterocycles. The fraction of sp³-hybridized carbons (Fsp3) is 0.400. The summed E-state index contributed by atoms with van der Waals surface area (Å²) in [4.78, 5) is 0. The molecule has 1 nitrogen and oxygen atoms in total. The fourth-order valence-corrected chi connectivity index (χ4v) is 1.74. The highest BCUT2D eigenvalue weighted by Gasteiger charge is 2.18. The summed E-state index contributed by atoms with van der Waals surface area (Å²) in [6.07, 6.45) is 0.951. The van der Waals surface area contributed by atoms with Crippen molar-refractivity contribution in [2.45, 2.75) is 6.42 Å². The van der Waals surface area contributed by atoms with Crippen molar-refractivity contribution < 1.29 is 4.39 Å². The molecule has 3 heteroatoms. The lowest BCUT2D eigenvalue weighted by Gasteiger charge is -2.27. The highest BCUT2D eigenvalue weighted by Crippen LogP contribution is 2.21. The van der Waals surface area contributed by atoms with Gasteiger partial charge < -0.3 is 5.32 Å². The molecule has 0 aliphatic carbocycles. The summed E-state index contributed by atoms with van der Waals surface area (Å²) in [6, 6.07) is 4.62. The van der Waals surface area contributed by atoms with E-state index >= 15 is 0 Å². The van der Waals surface area contributed by atoms with Crippen LogP contribution in [0.15, 0.2) is 18.2 Å². The summed E-state index contributed by atoms with van der Waals surface area (Å²) < 4.78 is 12.7. The third-order valence-electron chi connectivity index (χ3n) is 2.39. The number of rotatable bonds is 2. The van der Waals surface area contributed by atoms with E-state index in [9.17, 15) is 4.39 Å². The summed E-state index contributed by atoms with van der Waals surface area (Å²) in [5, 5.41) is 3.74. The summed E-state index contributed by atoms with van der Waals surface area (Å²) in [5.74, 6) is 0.406. The quantitative estimate of drug-likeness (QED) is 0.771. The van der Waals surface area contributed by atoms with E-state index < -0.39 is 0 Å². The van der Waals surface area contributed by atoms with Crippen molar-refractivity contribution in [2.24, 2.45) is 5.92 Å². The third-order valence-corrected chi connectivity index (χ3v) is 2.74. The Bertz CT molecular complexity index is 310. The maximum atomic E-state index is 12.7. The molecule has 0 amide bonds. The zero-order chi connectivity index (χ0) is 9.26. The molecule has 1 fully saturated rings. The number of hydrogen-bond acceptors (Lipinski definition) is 1. The maximum absolute atomic E-state index is 12.7. The first kappa shape index (κ1) is 8.97. The molecule has 0 radical (unpaired) electrons. The molecule has 1 saturated heterocycles. The van der Waals surface area contributed by atoms with Gasteiger partial charge in [0.1, 0.15) is 5.82 Å². The van der Waals surface area contributed by atoms with Gasteiger partial charge in [0.2, 0.25) is 0 Å². The van der Waals surface area contributed by atoms with Crippen LogP contribution in [0.3, 0.4) is 0 Å². The highest BCUT2D eigenvalue weighted by molar-refractivity contribution is 6.31. The molecule has 0 atom stereocenters. The molecule has 1 aromatic carbocycles. The Morgan fingerprint density at radius 3 is 2.77 bits per heavy atom. The van der Waals surface area contributed by atoms with Crippen molar-refractivity contribution in [1.82, 2.24) is 5.32 Å². The molecule has 1 heterocycles. The van der Waals surface area contributed by atoms with E-state index in [-0.39, 0.29) is 5.82 Å². The van der Waals surface area contributed by atoms with Crippen LogP contribution in [0.5, 0.6) is 0 Å². The number of halogens is 2. The zero-order valence-corrected chi connectivity index (χ0v) is 7.94. The molecular formula is C10H11ClFN. The fourth-order valence-electron chi connectivity index (χ4n) is 1.49. The topological polar surface area (TPSA) is 12.0 Å². The van der Waals surface area contributed by atoms with Gasteiger partial charge in [-0.3, -0.25) is 0 Å². The van der Waals surface area contributed by atoms with Gasteiger partial charge in [-0.25, -0.2) is 4.39 Å². The van der Waals surface area contributed by atoms with Crippen LogP contribution >= 0.6 is 11.6 Å². The number of nitrogens with one attached hydrogen (secondary N) is 1. The van der Waals surface area contributed by atoms with Crippen LogP contribution < -0.4 is 5.32 Å². The van der Waals surface area contributed by atoms with Gasteiger partial charge in [-0.05, 0) is 43.1 Å². The molecule has 0 spiro atoms. The van der Waals surface area contributed by atoms with E-state index in [1.165, 1.54) is 12.1 Å². The van der Waals surface area contributed by atoms with E-state index in [4.69, 9.17) is 11.6 Å². The predicted octanol–water partition coefficient (Wildman–Crippen LogP) is 2.24. The minimum Gasteiger partial charge on any atom is -0.316 e. The molecule has 1 aliphatic rings. The first-order valence-electron chi connectivity index (χ1n) is 4.40. The van der Waals surface area contributed by atoms with Crippen LogP contribution in [-0.4, -0.2) is 13.1 Å². The van der Waals surface area contributed by atoms with Crippen LogP contribution in [-0.2, 0) is 6.42 Å². The lowest BCUT2D eigenvalue weighted by atomic mass is 9.94. The Balaban J connectivity index is 2.10. The van der Waals surface area contributed by atoms with Crippen molar-refractivity contribution in [3.63, 3.8) is 0 Å². The molecule has 70 valence electrons. The molecule has 0 saturated carbocycles. The van der Waals surface area contributed by atoms with Crippen LogP contribution in [0.4, 0.5) is 4.39 Å². The Hall–Kier alpha value is -0.600. The Labute approximate surface area is 81.9 Å². The van der Waals surface area contributed by atoms with Gasteiger partial charge in [-0.15, -0.1) is 0 Å². The number of hydrogen-bond donors (Lipinski definition) is 1. The van der Waals surface area contributed by atoms with Gasteiger partial charge in [-0.1, -0.05) is 17.7 Å². The van der Waals surface area contributed by atoms with Crippen LogP contribution in [0, 0.1) is 11.7 Å². The van der Waals surface area contributed by atoms with E-state index in [0.29, 0.717) is 10.9 Å². The minimum atomic E-state index is -0.263. The molecule has 0 unspecified atom stereocenters. The van der Waals surface area contributed by atoms with Gasteiger partial charge in [0, 0.05) is 5.02 Å². The van der Waals surface area contributed by atoms with Crippen LogP contribution in [0.2, 0.25) is 5.02 Å². The third kappa shape index (κ3) is 2.01. The summed E-state index contributed by atoms with van der Waals surface area (Å²) in [5.41, 5.74) is 1.05. The second-order valence-electron chi connectivity index (χ2n) is 3.46. The lowest BCUT2D eigenvalue weighted by molar-refractivity contribution is 0.346. The average Bonchev–Trinajstić information content (AvgIpc) is 1.99. The second-order valence-corrected chi connectivity index (χ2v) is 3.87. The smallest absolute Gasteiger partial charge is 0.124 e. The first-order valence-corrected chi connectivity index (χ1v) is 4.78. The first-order chi connectivity index (χ1) is 6.25. The summed E-state index contributed by atoms with van der Waals surface area (Å²) in [7, 11) is 0. The standard InChI is InChI=1S/C10H11ClFN/c11-10-4-9(12)2-1-8(10)3-7-5-13-6-7/h1-2,4,7,13H,3,5-6H2. The molecule has 1 aromatic rings. The summed E-state index contributed by atoms with van der Waals surface area (Å²) in [6.45, 7) is 2.10. The van der Waals surface area contributed by atoms with Crippen LogP contribution in [0.25, 0.3) is 0 Å². The largest absolute Gasteiger partial charge is 0.316 e. The van der Waals surface area contributed by atoms with Crippen LogP contribution in [0.1, 0.15) is 5.56 Å². The molecule has 1 N–H and O–H groups in total. The number of benzene rings is 1. The van der Waals surface area contributed by atoms with E-state index in [1.807, 2.05) is 0 Å². The van der Waals surface area contributed by atoms with Gasteiger partial charge in [-0.2, -0.15) is 0 Å². The highest BCUT2D eigenvalue weighted by atomic mass is 35.5. The van der Waals surface area contributed by atoms with Gasteiger partial charge >= 0.3 is 0 Å². The minimum absolute atomic E-state index is 0.263. The monoisotopic (exact) mass is 199 g/mol. The SMILES string of the molecule is Fc1ccc(CC2CNC2)c(Cl)c1. The van der Waals surface area contributed by atoms with E-state index in [2.05, 4.69) is 5.32 Å². The second kappa shape index (κ2) is 3.64. The van der Waals surface area contributed by atoms with Crippen molar-refractivity contribution in [3.05, 3.63) is 34.6 Å². The molecule has 0 aromatic heterocycles. The Morgan fingerprint density at radius 1 is 1.46 bits per heavy atom. The summed E-state index contributed by atoms with van der Waals surface area (Å²) >= 11 is 5.89. The van der Waals surface area contributed by atoms with E-state index in [0.717, 1.165) is 25.1 Å². The Morgan fingerprint density at radius 2 is 2.23 bits per heavy atom. The zero-order valence-electron chi connectivity index (χ0n) is 7.19. The van der Waals surface area contributed by atoms with Crippen molar-refractivity contribution in [1.29, 1.82) is 0 Å². The molecular weight excluding hydrogens is 189 g/mol. The predicted molar refractivity (Wildman–Crippen MR) is 51.5 cm³/mol. The molecule has 0 bridgehead atoms. The normalized spacial score (nSPS) is 17.1. The Kier molecular flexibility index (Phi) is 2.51. The van der Waals surface area contributed by atoms with E-state index in [1.54, 1.807) is 6.07 Å². The molecule has 2 rings (SSSR count). The van der Waals surface area contributed by atoms with Gasteiger partial charge in [0.25, 0.3) is 0 Å². The van der Waals surface area contributed by atoms with Gasteiger partial charge in [0.15, 0.2) is 0 Å². The molecule has 13 heavy (non-hydrogen) atoms. The van der Waals surface area contributed by atoms with Crippen molar-refractivity contribution in [2.75, 3.05) is 13.1 Å². The van der Waals surface area contributed by atoms with Crippen molar-refractivity contribution >= 4 is 11.6 Å².